The number of fused-ring (bicyclic) bond motifs is 2. The Morgan fingerprint density at radius 1 is 1.32 bits per heavy atom. The predicted molar refractivity (Wildman–Crippen MR) is 95.9 cm³/mol. The number of pyridine rings is 1. The maximum absolute atomic E-state index is 12.4. The van der Waals surface area contributed by atoms with E-state index in [4.69, 9.17) is 0 Å². The average Bonchev–Trinajstić information content (AvgIpc) is 3.01. The molecule has 6 heteroatoms. The van der Waals surface area contributed by atoms with Gasteiger partial charge in [0.1, 0.15) is 0 Å². The fraction of sp³-hybridized carbons (Fsp3) is 0.316. The number of aromatic nitrogens is 3. The van der Waals surface area contributed by atoms with Gasteiger partial charge in [0.15, 0.2) is 0 Å². The first kappa shape index (κ1) is 15.8. The zero-order valence-electron chi connectivity index (χ0n) is 14.4. The first-order chi connectivity index (χ1) is 12.2. The molecule has 2 aromatic heterocycles. The molecule has 3 heterocycles. The van der Waals surface area contributed by atoms with Gasteiger partial charge in [-0.15, -0.1) is 0 Å². The van der Waals surface area contributed by atoms with Gasteiger partial charge in [-0.3, -0.25) is 19.4 Å². The number of rotatable bonds is 3. The van der Waals surface area contributed by atoms with E-state index in [-0.39, 0.29) is 11.8 Å². The van der Waals surface area contributed by atoms with Crippen LogP contribution in [0, 0.1) is 0 Å². The van der Waals surface area contributed by atoms with E-state index in [1.54, 1.807) is 11.7 Å². The molecule has 0 bridgehead atoms. The summed E-state index contributed by atoms with van der Waals surface area (Å²) >= 11 is 0. The summed E-state index contributed by atoms with van der Waals surface area (Å²) in [5.74, 6) is -0.215. The van der Waals surface area contributed by atoms with E-state index in [2.05, 4.69) is 32.4 Å². The third kappa shape index (κ3) is 2.89. The molecule has 0 saturated carbocycles. The number of hydrogen-bond acceptors (Lipinski definition) is 4. The van der Waals surface area contributed by atoms with Crippen LogP contribution in [-0.2, 0) is 24.9 Å². The highest BCUT2D eigenvalue weighted by molar-refractivity contribution is 5.84. The summed E-state index contributed by atoms with van der Waals surface area (Å²) in [5.41, 5.74) is 4.26. The Morgan fingerprint density at radius 2 is 2.20 bits per heavy atom. The lowest BCUT2D eigenvalue weighted by atomic mass is 9.95. The van der Waals surface area contributed by atoms with Crippen LogP contribution in [0.5, 0.6) is 0 Å². The number of aryl methyl sites for hydroxylation is 1. The second-order valence-corrected chi connectivity index (χ2v) is 6.54. The first-order valence-corrected chi connectivity index (χ1v) is 8.44. The zero-order chi connectivity index (χ0) is 17.4. The molecule has 0 unspecified atom stereocenters. The predicted octanol–water partition coefficient (Wildman–Crippen LogP) is 1.81. The largest absolute Gasteiger partial charge is 0.359 e. The summed E-state index contributed by atoms with van der Waals surface area (Å²) in [4.78, 5) is 19.1. The average molecular weight is 335 g/mol. The SMILES string of the molecule is CNC(=O)[C@@H]1CN(Cc2cccc3ncccc23)Cc2cn(C)nc21. The minimum atomic E-state index is -0.233. The number of carbonyl (C=O) groups excluding carboxylic acids is 1. The lowest BCUT2D eigenvalue weighted by molar-refractivity contribution is -0.123. The van der Waals surface area contributed by atoms with Crippen molar-refractivity contribution < 1.29 is 4.79 Å². The van der Waals surface area contributed by atoms with Gasteiger partial charge in [-0.1, -0.05) is 18.2 Å². The molecule has 0 radical (unpaired) electrons. The molecule has 4 rings (SSSR count). The van der Waals surface area contributed by atoms with Gasteiger partial charge in [-0.05, 0) is 17.7 Å². The minimum Gasteiger partial charge on any atom is -0.359 e. The number of amides is 1. The van der Waals surface area contributed by atoms with Gasteiger partial charge in [0.05, 0.1) is 17.1 Å². The molecule has 1 N–H and O–H groups in total. The molecule has 0 saturated heterocycles. The maximum atomic E-state index is 12.4. The van der Waals surface area contributed by atoms with Crippen molar-refractivity contribution in [3.63, 3.8) is 0 Å². The number of benzene rings is 1. The van der Waals surface area contributed by atoms with E-state index >= 15 is 0 Å². The van der Waals surface area contributed by atoms with E-state index < -0.39 is 0 Å². The van der Waals surface area contributed by atoms with Crippen LogP contribution in [0.3, 0.4) is 0 Å². The quantitative estimate of drug-likeness (QED) is 0.793. The Bertz CT molecular complexity index is 927. The summed E-state index contributed by atoms with van der Waals surface area (Å²) in [6.45, 7) is 2.25. The lowest BCUT2D eigenvalue weighted by Crippen LogP contribution is -2.40. The summed E-state index contributed by atoms with van der Waals surface area (Å²) in [6, 6.07) is 10.3. The van der Waals surface area contributed by atoms with Gasteiger partial charge < -0.3 is 5.32 Å². The van der Waals surface area contributed by atoms with Gasteiger partial charge in [0.25, 0.3) is 0 Å². The minimum absolute atomic E-state index is 0.0178. The second-order valence-electron chi connectivity index (χ2n) is 6.54. The molecule has 1 aliphatic heterocycles. The fourth-order valence-corrected chi connectivity index (χ4v) is 3.67. The molecule has 0 fully saturated rings. The second kappa shape index (κ2) is 6.29. The van der Waals surface area contributed by atoms with Crippen LogP contribution in [0.25, 0.3) is 10.9 Å². The number of carbonyl (C=O) groups is 1. The number of nitrogens with one attached hydrogen (secondary N) is 1. The summed E-state index contributed by atoms with van der Waals surface area (Å²) < 4.78 is 1.80. The molecule has 0 aliphatic carbocycles. The lowest BCUT2D eigenvalue weighted by Gasteiger charge is -2.31. The van der Waals surface area contributed by atoms with Gasteiger partial charge in [0, 0.05) is 57.1 Å². The molecule has 1 aromatic carbocycles. The van der Waals surface area contributed by atoms with Crippen molar-refractivity contribution in [3.8, 4) is 0 Å². The molecule has 1 aliphatic rings. The Labute approximate surface area is 146 Å². The summed E-state index contributed by atoms with van der Waals surface area (Å²) in [7, 11) is 3.58. The van der Waals surface area contributed by atoms with Crippen molar-refractivity contribution in [2.24, 2.45) is 7.05 Å². The monoisotopic (exact) mass is 335 g/mol. The Hall–Kier alpha value is -2.73. The topological polar surface area (TPSA) is 63.1 Å². The third-order valence-corrected chi connectivity index (χ3v) is 4.79. The van der Waals surface area contributed by atoms with Gasteiger partial charge in [0.2, 0.25) is 5.91 Å². The molecule has 6 nitrogen and oxygen atoms in total. The van der Waals surface area contributed by atoms with Crippen LogP contribution in [0.15, 0.2) is 42.7 Å². The van der Waals surface area contributed by atoms with Crippen molar-refractivity contribution in [1.29, 1.82) is 0 Å². The standard InChI is InChI=1S/C19H21N5O/c1-20-19(25)16-12-24(11-14-9-23(2)22-18(14)16)10-13-5-3-7-17-15(13)6-4-8-21-17/h3-9,16H,10-12H2,1-2H3,(H,20,25)/t16-/m1/s1. The zero-order valence-corrected chi connectivity index (χ0v) is 14.4. The molecular formula is C19H21N5O. The highest BCUT2D eigenvalue weighted by Gasteiger charge is 2.32. The van der Waals surface area contributed by atoms with Gasteiger partial charge in [-0.2, -0.15) is 5.10 Å². The number of likely N-dealkylation sites (N-methyl/N-ethyl adjacent to an activating group) is 1. The molecule has 25 heavy (non-hydrogen) atoms. The van der Waals surface area contributed by atoms with Crippen LogP contribution in [0.2, 0.25) is 0 Å². The molecule has 3 aromatic rings. The van der Waals surface area contributed by atoms with Crippen LogP contribution in [-0.4, -0.2) is 39.2 Å². The Kier molecular flexibility index (Phi) is 3.97. The maximum Gasteiger partial charge on any atom is 0.230 e. The van der Waals surface area contributed by atoms with Crippen molar-refractivity contribution in [1.82, 2.24) is 25.0 Å². The van der Waals surface area contributed by atoms with Crippen LogP contribution in [0.1, 0.15) is 22.7 Å². The van der Waals surface area contributed by atoms with Crippen molar-refractivity contribution in [3.05, 3.63) is 59.5 Å². The van der Waals surface area contributed by atoms with Gasteiger partial charge >= 0.3 is 0 Å². The molecule has 1 amide bonds. The Balaban J connectivity index is 1.66. The highest BCUT2D eigenvalue weighted by atomic mass is 16.1. The summed E-state index contributed by atoms with van der Waals surface area (Å²) in [6.07, 6.45) is 3.83. The normalized spacial score (nSPS) is 17.4. The van der Waals surface area contributed by atoms with E-state index in [0.29, 0.717) is 6.54 Å². The van der Waals surface area contributed by atoms with E-state index in [1.807, 2.05) is 37.6 Å². The van der Waals surface area contributed by atoms with Crippen molar-refractivity contribution in [2.45, 2.75) is 19.0 Å². The van der Waals surface area contributed by atoms with E-state index in [9.17, 15) is 4.79 Å². The number of hydrogen-bond donors (Lipinski definition) is 1. The number of nitrogens with zero attached hydrogens (tertiary/aromatic N) is 4. The molecule has 0 spiro atoms. The van der Waals surface area contributed by atoms with Crippen LogP contribution < -0.4 is 5.32 Å². The molecular weight excluding hydrogens is 314 g/mol. The highest BCUT2D eigenvalue weighted by Crippen LogP contribution is 2.29. The van der Waals surface area contributed by atoms with Crippen molar-refractivity contribution >= 4 is 16.8 Å². The van der Waals surface area contributed by atoms with Crippen molar-refractivity contribution in [2.75, 3.05) is 13.6 Å². The Morgan fingerprint density at radius 3 is 3.04 bits per heavy atom. The first-order valence-electron chi connectivity index (χ1n) is 8.44. The van der Waals surface area contributed by atoms with Crippen LogP contribution in [0.4, 0.5) is 0 Å². The van der Waals surface area contributed by atoms with E-state index in [0.717, 1.165) is 29.9 Å². The molecule has 1 atom stereocenters. The molecule has 128 valence electrons. The van der Waals surface area contributed by atoms with E-state index in [1.165, 1.54) is 10.9 Å². The summed E-state index contributed by atoms with van der Waals surface area (Å²) in [5, 5.41) is 8.45. The smallest absolute Gasteiger partial charge is 0.230 e. The van der Waals surface area contributed by atoms with Crippen LogP contribution >= 0.6 is 0 Å². The third-order valence-electron chi connectivity index (χ3n) is 4.79. The van der Waals surface area contributed by atoms with Gasteiger partial charge in [-0.25, -0.2) is 0 Å². The fourth-order valence-electron chi connectivity index (χ4n) is 3.67.